The number of methoxy groups -OCH3 is 1. The molecular formula is C11H18N4O3. The maximum absolute atomic E-state index is 10.8. The van der Waals surface area contributed by atoms with Crippen LogP contribution >= 0.6 is 0 Å². The molecule has 0 aliphatic rings. The summed E-state index contributed by atoms with van der Waals surface area (Å²) in [6.07, 6.45) is 1.53. The summed E-state index contributed by atoms with van der Waals surface area (Å²) in [5.41, 5.74) is -0.00274. The molecule has 0 saturated heterocycles. The molecule has 0 bridgehead atoms. The van der Waals surface area contributed by atoms with Crippen molar-refractivity contribution in [3.05, 3.63) is 28.4 Å². The van der Waals surface area contributed by atoms with E-state index in [0.29, 0.717) is 19.0 Å². The predicted molar refractivity (Wildman–Crippen MR) is 68.8 cm³/mol. The fraction of sp³-hybridized carbons (Fsp3) is 0.545. The topological polar surface area (TPSA) is 80.5 Å². The highest BCUT2D eigenvalue weighted by atomic mass is 16.6. The van der Waals surface area contributed by atoms with Crippen molar-refractivity contribution in [1.29, 1.82) is 0 Å². The number of anilines is 1. The van der Waals surface area contributed by atoms with Crippen LogP contribution in [0.15, 0.2) is 18.3 Å². The smallest absolute Gasteiger partial charge is 0.311 e. The average molecular weight is 254 g/mol. The maximum atomic E-state index is 10.8. The van der Waals surface area contributed by atoms with Gasteiger partial charge in [0.2, 0.25) is 5.82 Å². The van der Waals surface area contributed by atoms with Crippen LogP contribution in [-0.4, -0.2) is 55.2 Å². The number of nitrogens with zero attached hydrogens (tertiary/aromatic N) is 3. The number of likely N-dealkylation sites (N-methyl/N-ethyl adjacent to an activating group) is 1. The Kier molecular flexibility index (Phi) is 6.03. The summed E-state index contributed by atoms with van der Waals surface area (Å²) in [6.45, 7) is 2.85. The Hall–Kier alpha value is -1.73. The van der Waals surface area contributed by atoms with Crippen molar-refractivity contribution in [3.63, 3.8) is 0 Å². The van der Waals surface area contributed by atoms with Gasteiger partial charge in [-0.05, 0) is 13.1 Å². The molecule has 1 N–H and O–H groups in total. The van der Waals surface area contributed by atoms with Crippen LogP contribution in [0.1, 0.15) is 0 Å². The van der Waals surface area contributed by atoms with E-state index in [1.54, 1.807) is 13.2 Å². The van der Waals surface area contributed by atoms with Crippen molar-refractivity contribution >= 4 is 11.5 Å². The van der Waals surface area contributed by atoms with E-state index in [4.69, 9.17) is 4.74 Å². The van der Waals surface area contributed by atoms with Gasteiger partial charge in [0.25, 0.3) is 0 Å². The highest BCUT2D eigenvalue weighted by Gasteiger charge is 2.13. The number of pyridine rings is 1. The van der Waals surface area contributed by atoms with E-state index in [-0.39, 0.29) is 5.69 Å². The minimum atomic E-state index is -0.441. The second-order valence-corrected chi connectivity index (χ2v) is 3.85. The van der Waals surface area contributed by atoms with Crippen LogP contribution in [-0.2, 0) is 4.74 Å². The van der Waals surface area contributed by atoms with Crippen LogP contribution in [0.4, 0.5) is 11.5 Å². The molecule has 0 aromatic carbocycles. The first-order valence-electron chi connectivity index (χ1n) is 5.66. The molecule has 100 valence electrons. The number of hydrogen-bond donors (Lipinski definition) is 1. The van der Waals surface area contributed by atoms with Crippen LogP contribution in [0, 0.1) is 10.1 Å². The van der Waals surface area contributed by atoms with Gasteiger partial charge in [-0.15, -0.1) is 0 Å². The summed E-state index contributed by atoms with van der Waals surface area (Å²) < 4.78 is 4.96. The zero-order chi connectivity index (χ0) is 13.4. The van der Waals surface area contributed by atoms with Gasteiger partial charge in [-0.25, -0.2) is 4.98 Å². The molecule has 1 rings (SSSR count). The number of hydrogen-bond acceptors (Lipinski definition) is 6. The second kappa shape index (κ2) is 7.57. The fourth-order valence-electron chi connectivity index (χ4n) is 1.40. The van der Waals surface area contributed by atoms with Gasteiger partial charge in [0.1, 0.15) is 0 Å². The van der Waals surface area contributed by atoms with Crippen LogP contribution in [0.2, 0.25) is 0 Å². The monoisotopic (exact) mass is 254 g/mol. The number of aromatic nitrogens is 1. The Morgan fingerprint density at radius 2 is 2.33 bits per heavy atom. The van der Waals surface area contributed by atoms with Gasteiger partial charge in [-0.2, -0.15) is 0 Å². The molecule has 7 heteroatoms. The summed E-state index contributed by atoms with van der Waals surface area (Å²) >= 11 is 0. The van der Waals surface area contributed by atoms with Crippen molar-refractivity contribution in [1.82, 2.24) is 9.88 Å². The van der Waals surface area contributed by atoms with Gasteiger partial charge in [-0.1, -0.05) is 0 Å². The van der Waals surface area contributed by atoms with Gasteiger partial charge in [0.15, 0.2) is 0 Å². The zero-order valence-electron chi connectivity index (χ0n) is 10.6. The Balaban J connectivity index is 2.41. The highest BCUT2D eigenvalue weighted by Crippen LogP contribution is 2.19. The largest absolute Gasteiger partial charge is 0.383 e. The number of nitro groups is 1. The molecule has 0 atom stereocenters. The third-order valence-corrected chi connectivity index (χ3v) is 2.45. The normalized spacial score (nSPS) is 10.6. The molecule has 1 aromatic rings. The van der Waals surface area contributed by atoms with Crippen molar-refractivity contribution in [2.24, 2.45) is 0 Å². The quantitative estimate of drug-likeness (QED) is 0.550. The molecule has 1 aromatic heterocycles. The lowest BCUT2D eigenvalue weighted by molar-refractivity contribution is -0.384. The van der Waals surface area contributed by atoms with E-state index >= 15 is 0 Å². The van der Waals surface area contributed by atoms with Crippen molar-refractivity contribution in [3.8, 4) is 0 Å². The first kappa shape index (κ1) is 14.3. The van der Waals surface area contributed by atoms with Gasteiger partial charge in [-0.3, -0.25) is 10.1 Å². The summed E-state index contributed by atoms with van der Waals surface area (Å²) in [6, 6.07) is 2.98. The third kappa shape index (κ3) is 4.64. The summed E-state index contributed by atoms with van der Waals surface area (Å²) in [4.78, 5) is 16.4. The summed E-state index contributed by atoms with van der Waals surface area (Å²) in [7, 11) is 3.62. The molecular weight excluding hydrogens is 236 g/mol. The minimum absolute atomic E-state index is 0.00274. The Bertz CT molecular complexity index is 386. The first-order valence-corrected chi connectivity index (χ1v) is 5.66. The fourth-order valence-corrected chi connectivity index (χ4v) is 1.40. The minimum Gasteiger partial charge on any atom is -0.383 e. The van der Waals surface area contributed by atoms with Gasteiger partial charge in [0.05, 0.1) is 11.5 Å². The number of nitrogens with one attached hydrogen (secondary N) is 1. The Morgan fingerprint density at radius 1 is 1.56 bits per heavy atom. The van der Waals surface area contributed by atoms with E-state index < -0.39 is 4.92 Å². The molecule has 0 fully saturated rings. The summed E-state index contributed by atoms with van der Waals surface area (Å²) in [5, 5.41) is 13.7. The predicted octanol–water partition coefficient (Wildman–Crippen LogP) is 0.980. The number of ether oxygens (including phenoxy) is 1. The SMILES string of the molecule is COCCN(C)CCNc1ncccc1[N+](=O)[O-]. The average Bonchev–Trinajstić information content (AvgIpc) is 2.36. The molecule has 0 aliphatic heterocycles. The van der Waals surface area contributed by atoms with Crippen LogP contribution in [0.3, 0.4) is 0 Å². The van der Waals surface area contributed by atoms with Crippen molar-refractivity contribution in [2.45, 2.75) is 0 Å². The second-order valence-electron chi connectivity index (χ2n) is 3.85. The Morgan fingerprint density at radius 3 is 3.00 bits per heavy atom. The third-order valence-electron chi connectivity index (χ3n) is 2.45. The lowest BCUT2D eigenvalue weighted by Crippen LogP contribution is -2.28. The molecule has 0 unspecified atom stereocenters. The molecule has 18 heavy (non-hydrogen) atoms. The molecule has 0 amide bonds. The molecule has 0 spiro atoms. The van der Waals surface area contributed by atoms with E-state index in [1.807, 2.05) is 7.05 Å². The first-order chi connectivity index (χ1) is 8.65. The van der Waals surface area contributed by atoms with Gasteiger partial charge >= 0.3 is 5.69 Å². The van der Waals surface area contributed by atoms with E-state index in [2.05, 4.69) is 15.2 Å². The molecule has 0 radical (unpaired) electrons. The van der Waals surface area contributed by atoms with E-state index in [0.717, 1.165) is 13.1 Å². The summed E-state index contributed by atoms with van der Waals surface area (Å²) in [5.74, 6) is 0.308. The van der Waals surface area contributed by atoms with Gasteiger partial charge in [0, 0.05) is 39.0 Å². The lowest BCUT2D eigenvalue weighted by atomic mass is 10.4. The van der Waals surface area contributed by atoms with Crippen LogP contribution in [0.5, 0.6) is 0 Å². The van der Waals surface area contributed by atoms with Crippen LogP contribution < -0.4 is 5.32 Å². The van der Waals surface area contributed by atoms with Crippen molar-refractivity contribution < 1.29 is 9.66 Å². The molecule has 7 nitrogen and oxygen atoms in total. The highest BCUT2D eigenvalue weighted by molar-refractivity contribution is 5.54. The molecule has 1 heterocycles. The van der Waals surface area contributed by atoms with Crippen LogP contribution in [0.25, 0.3) is 0 Å². The Labute approximate surface area is 106 Å². The lowest BCUT2D eigenvalue weighted by Gasteiger charge is -2.16. The van der Waals surface area contributed by atoms with Gasteiger partial charge < -0.3 is 15.0 Å². The number of rotatable bonds is 8. The van der Waals surface area contributed by atoms with Crippen molar-refractivity contribution in [2.75, 3.05) is 45.7 Å². The molecule has 0 saturated carbocycles. The molecule has 0 aliphatic carbocycles. The van der Waals surface area contributed by atoms with E-state index in [1.165, 1.54) is 12.3 Å². The maximum Gasteiger partial charge on any atom is 0.311 e. The standard InChI is InChI=1S/C11H18N4O3/c1-14(8-9-18-2)7-6-13-11-10(15(16)17)4-3-5-12-11/h3-5H,6-9H2,1-2H3,(H,12,13). The zero-order valence-corrected chi connectivity index (χ0v) is 10.6. The van der Waals surface area contributed by atoms with E-state index in [9.17, 15) is 10.1 Å².